The minimum atomic E-state index is -4.34. The van der Waals surface area contributed by atoms with Crippen LogP contribution in [0.15, 0.2) is 6.07 Å². The van der Waals surface area contributed by atoms with E-state index in [9.17, 15) is 22.8 Å². The predicted molar refractivity (Wildman–Crippen MR) is 81.1 cm³/mol. The molecule has 1 aromatic heterocycles. The highest BCUT2D eigenvalue weighted by molar-refractivity contribution is 6.41. The first kappa shape index (κ1) is 18.9. The predicted octanol–water partition coefficient (Wildman–Crippen LogP) is 3.29. The molecule has 1 aliphatic heterocycles. The summed E-state index contributed by atoms with van der Waals surface area (Å²) in [6, 6.07) is 1.29. The Morgan fingerprint density at radius 1 is 1.38 bits per heavy atom. The Kier molecular flexibility index (Phi) is 5.70. The summed E-state index contributed by atoms with van der Waals surface area (Å²) in [7, 11) is 1.49. The molecular formula is C14H15Cl2F3N2O3. The monoisotopic (exact) mass is 386 g/mol. The van der Waals surface area contributed by atoms with Gasteiger partial charge in [0.25, 0.3) is 5.91 Å². The first-order valence-electron chi connectivity index (χ1n) is 7.13. The maximum Gasteiger partial charge on any atom is 0.393 e. The van der Waals surface area contributed by atoms with E-state index in [1.807, 2.05) is 0 Å². The fraction of sp³-hybridized carbons (Fsp3) is 0.571. The van der Waals surface area contributed by atoms with Crippen LogP contribution in [0, 0.1) is 5.92 Å². The topological polar surface area (TPSA) is 51.5 Å². The number of hydrogen-bond acceptors (Lipinski definition) is 3. The Balaban J connectivity index is 1.93. The van der Waals surface area contributed by atoms with Gasteiger partial charge in [0.2, 0.25) is 0 Å². The number of rotatable bonds is 3. The average molecular weight is 387 g/mol. The van der Waals surface area contributed by atoms with Crippen molar-refractivity contribution in [1.29, 1.82) is 0 Å². The molecule has 0 radical (unpaired) electrons. The van der Waals surface area contributed by atoms with Crippen LogP contribution < -0.4 is 0 Å². The van der Waals surface area contributed by atoms with Crippen molar-refractivity contribution >= 4 is 35.1 Å². The lowest BCUT2D eigenvalue weighted by Gasteiger charge is -2.33. The van der Waals surface area contributed by atoms with E-state index in [4.69, 9.17) is 27.9 Å². The van der Waals surface area contributed by atoms with Gasteiger partial charge in [0.05, 0.1) is 10.9 Å². The number of alkyl halides is 3. The standard InChI is InChI=1S/C14H15Cl2F3N2O3/c1-20-10(5-9(15)12(20)16)13(23)24-7-11(22)21-4-2-3-8(6-21)14(17,18)19/h5,8H,2-4,6-7H2,1H3/t8-/m1/s1. The van der Waals surface area contributed by atoms with Crippen LogP contribution >= 0.6 is 23.2 Å². The average Bonchev–Trinajstić information content (AvgIpc) is 2.79. The lowest BCUT2D eigenvalue weighted by atomic mass is 9.97. The molecule has 5 nitrogen and oxygen atoms in total. The van der Waals surface area contributed by atoms with Gasteiger partial charge in [-0.3, -0.25) is 4.79 Å². The summed E-state index contributed by atoms with van der Waals surface area (Å²) in [5, 5.41) is 0.292. The number of piperidine rings is 1. The fourth-order valence-electron chi connectivity index (χ4n) is 2.50. The molecule has 24 heavy (non-hydrogen) atoms. The normalized spacial score (nSPS) is 18.6. The molecular weight excluding hydrogens is 372 g/mol. The fourth-order valence-corrected chi connectivity index (χ4v) is 2.88. The Hall–Kier alpha value is -1.41. The van der Waals surface area contributed by atoms with Crippen LogP contribution in [0.25, 0.3) is 0 Å². The molecule has 0 aromatic carbocycles. The Bertz CT molecular complexity index is 646. The van der Waals surface area contributed by atoms with Crippen LogP contribution in [0.4, 0.5) is 13.2 Å². The zero-order valence-corrected chi connectivity index (χ0v) is 14.2. The van der Waals surface area contributed by atoms with E-state index in [2.05, 4.69) is 0 Å². The van der Waals surface area contributed by atoms with E-state index in [1.54, 1.807) is 0 Å². The van der Waals surface area contributed by atoms with Crippen molar-refractivity contribution in [2.45, 2.75) is 19.0 Å². The molecule has 0 saturated carbocycles. The number of nitrogens with zero attached hydrogens (tertiary/aromatic N) is 2. The summed E-state index contributed by atoms with van der Waals surface area (Å²) in [6.45, 7) is -0.837. The molecule has 1 saturated heterocycles. The maximum absolute atomic E-state index is 12.7. The first-order valence-corrected chi connectivity index (χ1v) is 7.89. The lowest BCUT2D eigenvalue weighted by molar-refractivity contribution is -0.188. The van der Waals surface area contributed by atoms with Crippen molar-refractivity contribution in [3.63, 3.8) is 0 Å². The summed E-state index contributed by atoms with van der Waals surface area (Å²) in [6.07, 6.45) is -4.09. The van der Waals surface area contributed by atoms with E-state index in [-0.39, 0.29) is 35.3 Å². The molecule has 1 fully saturated rings. The molecule has 0 N–H and O–H groups in total. The Morgan fingerprint density at radius 3 is 2.58 bits per heavy atom. The third-order valence-electron chi connectivity index (χ3n) is 3.89. The zero-order chi connectivity index (χ0) is 18.1. The number of carbonyl (C=O) groups is 2. The molecule has 0 unspecified atom stereocenters. The second-order valence-corrected chi connectivity index (χ2v) is 6.29. The smallest absolute Gasteiger partial charge is 0.393 e. The van der Waals surface area contributed by atoms with Gasteiger partial charge in [0, 0.05) is 20.1 Å². The van der Waals surface area contributed by atoms with Crippen molar-refractivity contribution in [1.82, 2.24) is 9.47 Å². The highest BCUT2D eigenvalue weighted by Gasteiger charge is 2.42. The Labute approximate surface area is 146 Å². The number of aromatic nitrogens is 1. The van der Waals surface area contributed by atoms with Crippen LogP contribution in [-0.2, 0) is 16.6 Å². The Morgan fingerprint density at radius 2 is 2.04 bits per heavy atom. The molecule has 0 spiro atoms. The van der Waals surface area contributed by atoms with E-state index in [0.29, 0.717) is 0 Å². The summed E-state index contributed by atoms with van der Waals surface area (Å²) >= 11 is 11.6. The molecule has 134 valence electrons. The summed E-state index contributed by atoms with van der Waals surface area (Å²) in [4.78, 5) is 25.0. The molecule has 0 aliphatic carbocycles. The highest BCUT2D eigenvalue weighted by Crippen LogP contribution is 2.33. The molecule has 0 bridgehead atoms. The van der Waals surface area contributed by atoms with Crippen LogP contribution in [0.1, 0.15) is 23.3 Å². The maximum atomic E-state index is 12.7. The number of ether oxygens (including phenoxy) is 1. The van der Waals surface area contributed by atoms with Crippen molar-refractivity contribution in [3.05, 3.63) is 21.9 Å². The van der Waals surface area contributed by atoms with Crippen molar-refractivity contribution < 1.29 is 27.5 Å². The zero-order valence-electron chi connectivity index (χ0n) is 12.7. The lowest BCUT2D eigenvalue weighted by Crippen LogP contribution is -2.46. The van der Waals surface area contributed by atoms with Gasteiger partial charge in [-0.05, 0) is 18.9 Å². The van der Waals surface area contributed by atoms with E-state index in [0.717, 1.165) is 4.90 Å². The van der Waals surface area contributed by atoms with Gasteiger partial charge >= 0.3 is 12.1 Å². The van der Waals surface area contributed by atoms with Gasteiger partial charge in [0.1, 0.15) is 10.8 Å². The van der Waals surface area contributed by atoms with Crippen LogP contribution in [-0.4, -0.2) is 47.2 Å². The van der Waals surface area contributed by atoms with Gasteiger partial charge in [0.15, 0.2) is 6.61 Å². The molecule has 2 rings (SSSR count). The quantitative estimate of drug-likeness (QED) is 0.748. The van der Waals surface area contributed by atoms with Crippen LogP contribution in [0.2, 0.25) is 10.2 Å². The van der Waals surface area contributed by atoms with Crippen molar-refractivity contribution in [2.75, 3.05) is 19.7 Å². The molecule has 10 heteroatoms. The summed E-state index contributed by atoms with van der Waals surface area (Å²) in [5.74, 6) is -3.04. The molecule has 1 aromatic rings. The molecule has 1 aliphatic rings. The largest absolute Gasteiger partial charge is 0.451 e. The number of amides is 1. The van der Waals surface area contributed by atoms with Gasteiger partial charge in [-0.2, -0.15) is 13.2 Å². The van der Waals surface area contributed by atoms with Crippen LogP contribution in [0.5, 0.6) is 0 Å². The minimum absolute atomic E-state index is 0.00653. The second kappa shape index (κ2) is 7.23. The number of esters is 1. The summed E-state index contributed by atoms with van der Waals surface area (Å²) < 4.78 is 44.4. The van der Waals surface area contributed by atoms with Crippen molar-refractivity contribution in [2.24, 2.45) is 13.0 Å². The molecule has 2 heterocycles. The van der Waals surface area contributed by atoms with Crippen LogP contribution in [0.3, 0.4) is 0 Å². The molecule has 1 amide bonds. The third kappa shape index (κ3) is 4.16. The minimum Gasteiger partial charge on any atom is -0.451 e. The van der Waals surface area contributed by atoms with Crippen molar-refractivity contribution in [3.8, 4) is 0 Å². The molecule has 1 atom stereocenters. The van der Waals surface area contributed by atoms with Gasteiger partial charge in [-0.15, -0.1) is 0 Å². The van der Waals surface area contributed by atoms with Gasteiger partial charge < -0.3 is 14.2 Å². The van der Waals surface area contributed by atoms with E-state index < -0.39 is 37.1 Å². The number of halogens is 5. The number of hydrogen-bond donors (Lipinski definition) is 0. The van der Waals surface area contributed by atoms with E-state index >= 15 is 0 Å². The van der Waals surface area contributed by atoms with E-state index in [1.165, 1.54) is 17.7 Å². The SMILES string of the molecule is Cn1c(C(=O)OCC(=O)N2CCC[C@@H](C(F)(F)F)C2)cc(Cl)c1Cl. The highest BCUT2D eigenvalue weighted by atomic mass is 35.5. The second-order valence-electron chi connectivity index (χ2n) is 5.52. The number of likely N-dealkylation sites (tertiary alicyclic amines) is 1. The first-order chi connectivity index (χ1) is 11.1. The summed E-state index contributed by atoms with van der Waals surface area (Å²) in [5.41, 5.74) is 0.0459. The van der Waals surface area contributed by atoms with Gasteiger partial charge in [-0.25, -0.2) is 4.79 Å². The number of carbonyl (C=O) groups excluding carboxylic acids is 2. The third-order valence-corrected chi connectivity index (χ3v) is 4.73. The van der Waals surface area contributed by atoms with Gasteiger partial charge in [-0.1, -0.05) is 23.2 Å².